The number of aromatic nitrogens is 1. The van der Waals surface area contributed by atoms with Crippen molar-refractivity contribution < 1.29 is 28.6 Å². The minimum absolute atomic E-state index is 0.0339. The minimum Gasteiger partial charge on any atom is -0.503 e. The molecule has 0 fully saturated rings. The average Bonchev–Trinajstić information content (AvgIpc) is 3.62. The van der Waals surface area contributed by atoms with Gasteiger partial charge in [-0.1, -0.05) is 41.7 Å². The number of nitrogens with zero attached hydrogens (tertiary/aromatic N) is 2. The van der Waals surface area contributed by atoms with Gasteiger partial charge in [0.05, 0.1) is 35.5 Å². The van der Waals surface area contributed by atoms with Crippen LogP contribution in [0.2, 0.25) is 0 Å². The Balaban J connectivity index is 1.48. The van der Waals surface area contributed by atoms with Crippen LogP contribution in [0.3, 0.4) is 0 Å². The average molecular weight is 527 g/mol. The van der Waals surface area contributed by atoms with Gasteiger partial charge in [-0.15, -0.1) is 0 Å². The van der Waals surface area contributed by atoms with Crippen LogP contribution in [0.15, 0.2) is 88.5 Å². The van der Waals surface area contributed by atoms with Crippen molar-refractivity contribution in [1.82, 2.24) is 4.98 Å². The Morgan fingerprint density at radius 2 is 1.84 bits per heavy atom. The number of rotatable bonds is 7. The van der Waals surface area contributed by atoms with E-state index < -0.39 is 23.5 Å². The molecule has 6 rings (SSSR count). The highest BCUT2D eigenvalue weighted by molar-refractivity contribution is 7.22. The fraction of sp³-hybridized carbons (Fsp3) is 0.138. The van der Waals surface area contributed by atoms with E-state index in [1.165, 1.54) is 16.2 Å². The van der Waals surface area contributed by atoms with Crippen LogP contribution in [0, 0.1) is 0 Å². The van der Waals surface area contributed by atoms with E-state index in [4.69, 9.17) is 13.9 Å². The van der Waals surface area contributed by atoms with E-state index in [1.54, 1.807) is 43.5 Å². The lowest BCUT2D eigenvalue weighted by Crippen LogP contribution is -2.30. The third-order valence-corrected chi connectivity index (χ3v) is 7.42. The molecule has 190 valence electrons. The molecule has 3 aromatic carbocycles. The topological polar surface area (TPSA) is 102 Å². The van der Waals surface area contributed by atoms with Crippen LogP contribution >= 0.6 is 11.3 Å². The van der Waals surface area contributed by atoms with Gasteiger partial charge in [-0.2, -0.15) is 0 Å². The summed E-state index contributed by atoms with van der Waals surface area (Å²) in [6, 6.07) is 20.4. The number of carbonyl (C=O) groups excluding carboxylic acids is 2. The van der Waals surface area contributed by atoms with Crippen molar-refractivity contribution in [3.63, 3.8) is 0 Å². The number of aliphatic hydroxyl groups excluding tert-OH is 1. The Kier molecular flexibility index (Phi) is 5.84. The summed E-state index contributed by atoms with van der Waals surface area (Å²) in [5.74, 6) is -0.579. The normalized spacial score (nSPS) is 15.6. The second kappa shape index (κ2) is 9.35. The predicted molar refractivity (Wildman–Crippen MR) is 144 cm³/mol. The van der Waals surface area contributed by atoms with E-state index in [1.807, 2.05) is 43.3 Å². The number of hydrogen-bond acceptors (Lipinski definition) is 8. The van der Waals surface area contributed by atoms with Gasteiger partial charge in [0.2, 0.25) is 5.78 Å². The van der Waals surface area contributed by atoms with Crippen LogP contribution in [0.4, 0.5) is 5.13 Å². The van der Waals surface area contributed by atoms with E-state index in [2.05, 4.69) is 4.98 Å². The second-order valence-electron chi connectivity index (χ2n) is 8.65. The van der Waals surface area contributed by atoms with Crippen LogP contribution in [0.25, 0.3) is 21.2 Å². The van der Waals surface area contributed by atoms with Crippen molar-refractivity contribution in [2.45, 2.75) is 13.0 Å². The van der Waals surface area contributed by atoms with Crippen LogP contribution in [0.1, 0.15) is 29.1 Å². The molecule has 1 unspecified atom stereocenters. The summed E-state index contributed by atoms with van der Waals surface area (Å²) in [5.41, 5.74) is 1.74. The summed E-state index contributed by atoms with van der Waals surface area (Å²) < 4.78 is 17.5. The monoisotopic (exact) mass is 526 g/mol. The zero-order valence-corrected chi connectivity index (χ0v) is 21.3. The number of aliphatic hydroxyl groups is 1. The van der Waals surface area contributed by atoms with Gasteiger partial charge in [0, 0.05) is 5.39 Å². The standard InChI is InChI=1S/C29H22N2O6S/c1-3-36-19-12-13-20-23(15-19)38-29(30-20)31-25(16-8-10-18(35-2)11-9-16)24(27(33)28(31)34)26(32)22-14-17-6-4-5-7-21(17)37-22/h4-15,25,33H,3H2,1-2H3. The first kappa shape index (κ1) is 23.7. The van der Waals surface area contributed by atoms with Gasteiger partial charge in [-0.3, -0.25) is 14.5 Å². The Morgan fingerprint density at radius 3 is 2.58 bits per heavy atom. The van der Waals surface area contributed by atoms with Gasteiger partial charge in [-0.05, 0) is 55.0 Å². The van der Waals surface area contributed by atoms with E-state index in [-0.39, 0.29) is 11.3 Å². The lowest BCUT2D eigenvalue weighted by Gasteiger charge is -2.24. The van der Waals surface area contributed by atoms with Crippen molar-refractivity contribution in [1.29, 1.82) is 0 Å². The van der Waals surface area contributed by atoms with Gasteiger partial charge >= 0.3 is 0 Å². The molecule has 1 atom stereocenters. The first-order chi connectivity index (χ1) is 18.5. The first-order valence-electron chi connectivity index (χ1n) is 12.0. The molecule has 5 aromatic rings. The Hall–Kier alpha value is -4.63. The smallest absolute Gasteiger partial charge is 0.296 e. The zero-order chi connectivity index (χ0) is 26.4. The van der Waals surface area contributed by atoms with Crippen molar-refractivity contribution in [3.05, 3.63) is 95.5 Å². The largest absolute Gasteiger partial charge is 0.503 e. The van der Waals surface area contributed by atoms with Crippen molar-refractivity contribution in [2.24, 2.45) is 0 Å². The van der Waals surface area contributed by atoms with Gasteiger partial charge < -0.3 is 19.0 Å². The molecule has 9 heteroatoms. The van der Waals surface area contributed by atoms with Crippen molar-refractivity contribution >= 4 is 49.3 Å². The predicted octanol–water partition coefficient (Wildman–Crippen LogP) is 6.23. The number of Topliss-reactive ketones (excluding diaryl/α,β-unsaturated/α-hetero) is 1. The summed E-state index contributed by atoms with van der Waals surface area (Å²) in [4.78, 5) is 33.3. The summed E-state index contributed by atoms with van der Waals surface area (Å²) in [6.45, 7) is 2.42. The number of thiazole rings is 1. The number of methoxy groups -OCH3 is 1. The number of ketones is 1. The summed E-state index contributed by atoms with van der Waals surface area (Å²) in [5, 5.41) is 12.2. The van der Waals surface area contributed by atoms with Gasteiger partial charge in [0.25, 0.3) is 5.91 Å². The number of ether oxygens (including phenoxy) is 2. The number of benzene rings is 3. The van der Waals surface area contributed by atoms with E-state index in [9.17, 15) is 14.7 Å². The maximum atomic E-state index is 13.8. The summed E-state index contributed by atoms with van der Waals surface area (Å²) >= 11 is 1.28. The molecule has 3 heterocycles. The molecule has 1 N–H and O–H groups in total. The number of anilines is 1. The summed E-state index contributed by atoms with van der Waals surface area (Å²) in [7, 11) is 1.56. The van der Waals surface area contributed by atoms with Gasteiger partial charge in [-0.25, -0.2) is 4.98 Å². The zero-order valence-electron chi connectivity index (χ0n) is 20.5. The van der Waals surface area contributed by atoms with Crippen LogP contribution in [-0.4, -0.2) is 35.5 Å². The van der Waals surface area contributed by atoms with Crippen molar-refractivity contribution in [3.8, 4) is 11.5 Å². The molecule has 0 saturated heterocycles. The van der Waals surface area contributed by atoms with Crippen LogP contribution in [0.5, 0.6) is 11.5 Å². The van der Waals surface area contributed by atoms with E-state index in [0.29, 0.717) is 39.9 Å². The van der Waals surface area contributed by atoms with Crippen LogP contribution in [-0.2, 0) is 4.79 Å². The molecule has 0 aliphatic carbocycles. The molecule has 1 amide bonds. The van der Waals surface area contributed by atoms with Crippen LogP contribution < -0.4 is 14.4 Å². The fourth-order valence-electron chi connectivity index (χ4n) is 4.61. The van der Waals surface area contributed by atoms with E-state index in [0.717, 1.165) is 10.1 Å². The summed E-state index contributed by atoms with van der Waals surface area (Å²) in [6.07, 6.45) is 0. The lowest BCUT2D eigenvalue weighted by molar-refractivity contribution is -0.117. The number of hydrogen-bond donors (Lipinski definition) is 1. The number of para-hydroxylation sites is 1. The molecule has 0 spiro atoms. The maximum Gasteiger partial charge on any atom is 0.296 e. The third-order valence-electron chi connectivity index (χ3n) is 6.40. The maximum absolute atomic E-state index is 13.8. The Labute approximate surface area is 221 Å². The second-order valence-corrected chi connectivity index (χ2v) is 9.66. The quantitative estimate of drug-likeness (QED) is 0.251. The molecular weight excluding hydrogens is 504 g/mol. The molecule has 1 aliphatic heterocycles. The highest BCUT2D eigenvalue weighted by atomic mass is 32.1. The Bertz CT molecular complexity index is 1700. The highest BCUT2D eigenvalue weighted by Gasteiger charge is 2.46. The molecule has 0 radical (unpaired) electrons. The number of carbonyl (C=O) groups is 2. The van der Waals surface area contributed by atoms with Crippen molar-refractivity contribution in [2.75, 3.05) is 18.6 Å². The number of amides is 1. The Morgan fingerprint density at radius 1 is 1.08 bits per heavy atom. The molecule has 8 nitrogen and oxygen atoms in total. The van der Waals surface area contributed by atoms with Gasteiger partial charge in [0.15, 0.2) is 16.7 Å². The number of fused-ring (bicyclic) bond motifs is 2. The molecule has 2 aromatic heterocycles. The molecule has 0 saturated carbocycles. The molecule has 0 bridgehead atoms. The first-order valence-corrected chi connectivity index (χ1v) is 12.8. The molecular formula is C29H22N2O6S. The number of furan rings is 1. The highest BCUT2D eigenvalue weighted by Crippen LogP contribution is 2.45. The van der Waals surface area contributed by atoms with E-state index >= 15 is 0 Å². The lowest BCUT2D eigenvalue weighted by atomic mass is 9.95. The SMILES string of the molecule is CCOc1ccc2nc(N3C(=O)C(O)=C(C(=O)c4cc5ccccc5o4)C3c3ccc(OC)cc3)sc2c1. The fourth-order valence-corrected chi connectivity index (χ4v) is 5.64. The van der Waals surface area contributed by atoms with Gasteiger partial charge in [0.1, 0.15) is 17.1 Å². The molecule has 38 heavy (non-hydrogen) atoms. The third kappa shape index (κ3) is 3.88. The minimum atomic E-state index is -0.930. The molecule has 1 aliphatic rings.